The van der Waals surface area contributed by atoms with Crippen molar-refractivity contribution < 1.29 is 18.0 Å². The van der Waals surface area contributed by atoms with Crippen molar-refractivity contribution in [1.29, 1.82) is 5.41 Å². The number of fused-ring (bicyclic) bond motifs is 1. The predicted molar refractivity (Wildman–Crippen MR) is 138 cm³/mol. The molecular formula is C27H23ClF3N5O. The first-order valence-electron chi connectivity index (χ1n) is 11.8. The number of carbonyl (C=O) groups excluding carboxylic acids is 1. The summed E-state index contributed by atoms with van der Waals surface area (Å²) < 4.78 is 43.8. The first kappa shape index (κ1) is 24.8. The number of piperidine rings is 1. The van der Waals surface area contributed by atoms with E-state index in [2.05, 4.69) is 10.3 Å². The number of nitrogens with one attached hydrogen (secondary N) is 2. The summed E-state index contributed by atoms with van der Waals surface area (Å²) in [5.74, 6) is -1.17. The number of rotatable bonds is 6. The lowest BCUT2D eigenvalue weighted by atomic mass is 9.95. The molecule has 0 radical (unpaired) electrons. The van der Waals surface area contributed by atoms with Crippen LogP contribution in [0.5, 0.6) is 0 Å². The molecule has 1 aliphatic heterocycles. The van der Waals surface area contributed by atoms with Crippen molar-refractivity contribution in [2.45, 2.75) is 25.3 Å². The van der Waals surface area contributed by atoms with E-state index < -0.39 is 18.3 Å². The molecule has 1 saturated heterocycles. The van der Waals surface area contributed by atoms with Crippen LogP contribution in [0.2, 0.25) is 5.02 Å². The Morgan fingerprint density at radius 2 is 1.86 bits per heavy atom. The maximum Gasteiger partial charge on any atom is 0.320 e. The maximum atomic E-state index is 15.1. The van der Waals surface area contributed by atoms with Crippen LogP contribution < -0.4 is 5.32 Å². The van der Waals surface area contributed by atoms with E-state index in [0.29, 0.717) is 51.7 Å². The fourth-order valence-corrected chi connectivity index (χ4v) is 4.96. The summed E-state index contributed by atoms with van der Waals surface area (Å²) in [6.07, 6.45) is 1.90. The first-order chi connectivity index (χ1) is 17.9. The average molecular weight is 526 g/mol. The maximum absolute atomic E-state index is 15.1. The Hall–Kier alpha value is -3.85. The Labute approximate surface area is 216 Å². The van der Waals surface area contributed by atoms with Gasteiger partial charge in [0, 0.05) is 41.5 Å². The lowest BCUT2D eigenvalue weighted by molar-refractivity contribution is 0.0632. The average Bonchev–Trinajstić information content (AvgIpc) is 3.29. The van der Waals surface area contributed by atoms with Crippen LogP contribution in [-0.2, 0) is 0 Å². The second-order valence-electron chi connectivity index (χ2n) is 8.87. The molecule has 190 valence electrons. The Kier molecular flexibility index (Phi) is 6.88. The number of benzene rings is 3. The third-order valence-corrected chi connectivity index (χ3v) is 6.83. The van der Waals surface area contributed by atoms with Crippen LogP contribution in [0.15, 0.2) is 60.7 Å². The number of para-hydroxylation sites is 2. The number of alkyl halides is 2. The van der Waals surface area contributed by atoms with Crippen LogP contribution in [0.1, 0.15) is 47.1 Å². The normalized spacial score (nSPS) is 14.4. The van der Waals surface area contributed by atoms with E-state index in [9.17, 15) is 13.6 Å². The molecule has 0 bridgehead atoms. The molecule has 10 heteroatoms. The summed E-state index contributed by atoms with van der Waals surface area (Å²) in [6.45, 7) is -2.18. The number of aromatic nitrogens is 2. The van der Waals surface area contributed by atoms with Gasteiger partial charge in [-0.05, 0) is 55.3 Å². The zero-order chi connectivity index (χ0) is 26.1. The van der Waals surface area contributed by atoms with Crippen LogP contribution in [-0.4, -0.2) is 39.7 Å². The number of hydrogen-bond donors (Lipinski definition) is 2. The smallest absolute Gasteiger partial charge is 0.320 e. The van der Waals surface area contributed by atoms with Crippen LogP contribution in [0.25, 0.3) is 11.0 Å². The van der Waals surface area contributed by atoms with Crippen molar-refractivity contribution in [3.8, 4) is 0 Å². The van der Waals surface area contributed by atoms with Crippen molar-refractivity contribution in [2.75, 3.05) is 18.4 Å². The van der Waals surface area contributed by atoms with E-state index in [1.165, 1.54) is 17.0 Å². The molecule has 0 spiro atoms. The van der Waals surface area contributed by atoms with Gasteiger partial charge in [-0.25, -0.2) is 9.37 Å². The van der Waals surface area contributed by atoms with Gasteiger partial charge in [-0.1, -0.05) is 29.8 Å². The van der Waals surface area contributed by atoms with Crippen molar-refractivity contribution in [3.05, 3.63) is 88.5 Å². The van der Waals surface area contributed by atoms with Gasteiger partial charge >= 0.3 is 6.55 Å². The number of amides is 1. The van der Waals surface area contributed by atoms with Gasteiger partial charge in [-0.15, -0.1) is 0 Å². The van der Waals surface area contributed by atoms with Gasteiger partial charge in [-0.2, -0.15) is 8.78 Å². The SMILES string of the molecule is N=Cc1cc(C(=O)N2CCC(c3nc4ccccc4n3C(F)F)CC2)c(F)cc1Nc1cccc(Cl)c1. The molecule has 5 rings (SSSR count). The molecule has 0 saturated carbocycles. The molecule has 0 unspecified atom stereocenters. The monoisotopic (exact) mass is 525 g/mol. The van der Waals surface area contributed by atoms with E-state index in [1.54, 1.807) is 48.5 Å². The Bertz CT molecular complexity index is 1480. The standard InChI is InChI=1S/C27H23ClF3N5O/c28-18-4-3-5-19(13-18)33-23-14-21(29)20(12-17(23)15-32)26(37)35-10-8-16(9-11-35)25-34-22-6-1-2-7-24(22)36(25)27(30)31/h1-7,12-16,27,32-33H,8-11H2. The molecule has 6 nitrogen and oxygen atoms in total. The quantitative estimate of drug-likeness (QED) is 0.267. The molecule has 2 heterocycles. The van der Waals surface area contributed by atoms with Gasteiger partial charge in [0.05, 0.1) is 22.3 Å². The molecule has 1 aromatic heterocycles. The molecule has 3 aromatic carbocycles. The van der Waals surface area contributed by atoms with E-state index in [-0.39, 0.29) is 24.6 Å². The third kappa shape index (κ3) is 4.91. The van der Waals surface area contributed by atoms with Crippen molar-refractivity contribution in [3.63, 3.8) is 0 Å². The zero-order valence-electron chi connectivity index (χ0n) is 19.6. The lowest BCUT2D eigenvalue weighted by Crippen LogP contribution is -2.38. The topological polar surface area (TPSA) is 74.0 Å². The van der Waals surface area contributed by atoms with E-state index >= 15 is 4.39 Å². The molecule has 1 fully saturated rings. The fourth-order valence-electron chi connectivity index (χ4n) is 4.77. The van der Waals surface area contributed by atoms with E-state index in [0.717, 1.165) is 10.8 Å². The van der Waals surface area contributed by atoms with Crippen LogP contribution in [0.4, 0.5) is 24.5 Å². The number of likely N-dealkylation sites (tertiary alicyclic amines) is 1. The largest absolute Gasteiger partial charge is 0.355 e. The summed E-state index contributed by atoms with van der Waals surface area (Å²) in [7, 11) is 0. The minimum atomic E-state index is -2.73. The molecule has 2 N–H and O–H groups in total. The molecule has 1 aliphatic rings. The second-order valence-corrected chi connectivity index (χ2v) is 9.31. The predicted octanol–water partition coefficient (Wildman–Crippen LogP) is 6.98. The number of nitrogens with zero attached hydrogens (tertiary/aromatic N) is 3. The Balaban J connectivity index is 1.34. The number of anilines is 2. The van der Waals surface area contributed by atoms with E-state index in [4.69, 9.17) is 17.0 Å². The number of imidazole rings is 1. The molecule has 37 heavy (non-hydrogen) atoms. The molecule has 0 aliphatic carbocycles. The van der Waals surface area contributed by atoms with Gasteiger partial charge in [0.25, 0.3) is 5.91 Å². The highest BCUT2D eigenvalue weighted by molar-refractivity contribution is 6.30. The Morgan fingerprint density at radius 1 is 1.11 bits per heavy atom. The summed E-state index contributed by atoms with van der Waals surface area (Å²) in [4.78, 5) is 19.2. The zero-order valence-corrected chi connectivity index (χ0v) is 20.4. The van der Waals surface area contributed by atoms with Crippen molar-refractivity contribution >= 4 is 46.1 Å². The van der Waals surface area contributed by atoms with Gasteiger partial charge in [0.2, 0.25) is 0 Å². The highest BCUT2D eigenvalue weighted by atomic mass is 35.5. The summed E-state index contributed by atoms with van der Waals surface area (Å²) in [6, 6.07) is 16.2. The van der Waals surface area contributed by atoms with Crippen LogP contribution >= 0.6 is 11.6 Å². The van der Waals surface area contributed by atoms with Crippen molar-refractivity contribution in [2.24, 2.45) is 0 Å². The van der Waals surface area contributed by atoms with E-state index in [1.807, 2.05) is 0 Å². The van der Waals surface area contributed by atoms with Gasteiger partial charge in [0.15, 0.2) is 0 Å². The summed E-state index contributed by atoms with van der Waals surface area (Å²) in [5, 5.41) is 11.3. The number of hydrogen-bond acceptors (Lipinski definition) is 4. The number of carbonyl (C=O) groups is 1. The molecule has 4 aromatic rings. The summed E-state index contributed by atoms with van der Waals surface area (Å²) in [5.41, 5.74) is 2.02. The van der Waals surface area contributed by atoms with Crippen LogP contribution in [0, 0.1) is 11.2 Å². The number of halogens is 4. The molecule has 0 atom stereocenters. The third-order valence-electron chi connectivity index (χ3n) is 6.59. The van der Waals surface area contributed by atoms with Gasteiger partial charge < -0.3 is 15.6 Å². The highest BCUT2D eigenvalue weighted by Crippen LogP contribution is 2.34. The van der Waals surface area contributed by atoms with Gasteiger partial charge in [0.1, 0.15) is 11.6 Å². The van der Waals surface area contributed by atoms with Gasteiger partial charge in [-0.3, -0.25) is 9.36 Å². The molecule has 1 amide bonds. The molecular weight excluding hydrogens is 503 g/mol. The minimum absolute atomic E-state index is 0.145. The van der Waals surface area contributed by atoms with Crippen molar-refractivity contribution in [1.82, 2.24) is 14.5 Å². The first-order valence-corrected chi connectivity index (χ1v) is 12.1. The summed E-state index contributed by atoms with van der Waals surface area (Å²) >= 11 is 6.01. The lowest BCUT2D eigenvalue weighted by Gasteiger charge is -2.32. The minimum Gasteiger partial charge on any atom is -0.355 e. The fraction of sp³-hybridized carbons (Fsp3) is 0.222. The van der Waals surface area contributed by atoms with Crippen LogP contribution in [0.3, 0.4) is 0 Å². The second kappa shape index (κ2) is 10.3. The Morgan fingerprint density at radius 3 is 2.57 bits per heavy atom. The highest BCUT2D eigenvalue weighted by Gasteiger charge is 2.31.